The molecule has 1 aliphatic carbocycles. The van der Waals surface area contributed by atoms with Crippen molar-refractivity contribution in [2.24, 2.45) is 5.92 Å². The lowest BCUT2D eigenvalue weighted by Crippen LogP contribution is -2.44. The number of carboxylic acids is 1. The molecular formula is C16H19ClN2O5. The molecule has 2 N–H and O–H groups in total. The molecule has 1 fully saturated rings. The lowest BCUT2D eigenvalue weighted by molar-refractivity contribution is -0.384. The van der Waals surface area contributed by atoms with E-state index >= 15 is 0 Å². The molecule has 8 heteroatoms. The number of nitro groups is 1. The largest absolute Gasteiger partial charge is 0.481 e. The fraction of sp³-hybridized carbons (Fsp3) is 0.500. The highest BCUT2D eigenvalue weighted by molar-refractivity contribution is 6.34. The maximum absolute atomic E-state index is 12.4. The Morgan fingerprint density at radius 1 is 1.21 bits per heavy atom. The van der Waals surface area contributed by atoms with Crippen LogP contribution in [0.4, 0.5) is 5.69 Å². The minimum atomic E-state index is -0.919. The highest BCUT2D eigenvalue weighted by Crippen LogP contribution is 2.26. The molecule has 0 saturated heterocycles. The van der Waals surface area contributed by atoms with Crippen molar-refractivity contribution >= 4 is 29.2 Å². The second-order valence-electron chi connectivity index (χ2n) is 5.94. The molecule has 24 heavy (non-hydrogen) atoms. The van der Waals surface area contributed by atoms with E-state index in [-0.39, 0.29) is 16.3 Å². The number of nitrogens with one attached hydrogen (secondary N) is 1. The summed E-state index contributed by atoms with van der Waals surface area (Å²) in [6, 6.07) is 3.13. The Labute approximate surface area is 144 Å². The summed E-state index contributed by atoms with van der Waals surface area (Å²) in [6.45, 7) is 0. The number of aliphatic carboxylic acids is 1. The van der Waals surface area contributed by atoms with Crippen LogP contribution >= 0.6 is 11.6 Å². The number of halogens is 1. The van der Waals surface area contributed by atoms with Crippen molar-refractivity contribution in [1.82, 2.24) is 5.32 Å². The number of hydrogen-bond donors (Lipinski definition) is 2. The van der Waals surface area contributed by atoms with Gasteiger partial charge in [0.15, 0.2) is 0 Å². The van der Waals surface area contributed by atoms with Crippen molar-refractivity contribution in [3.63, 3.8) is 0 Å². The molecule has 1 aliphatic rings. The molecule has 0 bridgehead atoms. The zero-order valence-electron chi connectivity index (χ0n) is 13.0. The van der Waals surface area contributed by atoms with Gasteiger partial charge in [-0.1, -0.05) is 37.3 Å². The number of carbonyl (C=O) groups is 2. The van der Waals surface area contributed by atoms with Crippen LogP contribution in [0.5, 0.6) is 0 Å². The SMILES string of the molecule is O=C(NC1CCCCCCC1C(=O)O)c1ccc([N+](=O)[O-])cc1Cl. The molecule has 1 saturated carbocycles. The molecule has 0 aromatic heterocycles. The Hall–Kier alpha value is -2.15. The third-order valence-corrected chi connectivity index (χ3v) is 4.62. The molecular weight excluding hydrogens is 336 g/mol. The van der Waals surface area contributed by atoms with Gasteiger partial charge in [0.25, 0.3) is 11.6 Å². The second-order valence-corrected chi connectivity index (χ2v) is 6.34. The first-order valence-electron chi connectivity index (χ1n) is 7.87. The van der Waals surface area contributed by atoms with E-state index in [1.807, 2.05) is 0 Å². The van der Waals surface area contributed by atoms with Gasteiger partial charge in [-0.05, 0) is 18.9 Å². The quantitative estimate of drug-likeness (QED) is 0.636. The van der Waals surface area contributed by atoms with Crippen LogP contribution in [-0.4, -0.2) is 27.9 Å². The Morgan fingerprint density at radius 2 is 1.88 bits per heavy atom. The van der Waals surface area contributed by atoms with Crippen LogP contribution < -0.4 is 5.32 Å². The standard InChI is InChI=1S/C16H19ClN2O5/c17-13-9-10(19(23)24)7-8-11(13)15(20)18-14-6-4-2-1-3-5-12(14)16(21)22/h7-9,12,14H,1-6H2,(H,18,20)(H,21,22). The van der Waals surface area contributed by atoms with Crippen molar-refractivity contribution in [1.29, 1.82) is 0 Å². The maximum Gasteiger partial charge on any atom is 0.308 e. The predicted octanol–water partition coefficient (Wildman–Crippen LogP) is 3.40. The van der Waals surface area contributed by atoms with Gasteiger partial charge in [-0.15, -0.1) is 0 Å². The molecule has 2 unspecified atom stereocenters. The first-order valence-corrected chi connectivity index (χ1v) is 8.25. The topological polar surface area (TPSA) is 110 Å². The summed E-state index contributed by atoms with van der Waals surface area (Å²) < 4.78 is 0. The predicted molar refractivity (Wildman–Crippen MR) is 88.2 cm³/mol. The van der Waals surface area contributed by atoms with E-state index in [4.69, 9.17) is 11.6 Å². The first kappa shape index (κ1) is 18.2. The molecule has 2 rings (SSSR count). The van der Waals surface area contributed by atoms with E-state index in [1.54, 1.807) is 0 Å². The van der Waals surface area contributed by atoms with E-state index in [1.165, 1.54) is 12.1 Å². The van der Waals surface area contributed by atoms with Crippen molar-refractivity contribution in [3.8, 4) is 0 Å². The number of amides is 1. The van der Waals surface area contributed by atoms with Crippen molar-refractivity contribution in [2.75, 3.05) is 0 Å². The molecule has 0 heterocycles. The third kappa shape index (κ3) is 4.44. The molecule has 1 amide bonds. The zero-order chi connectivity index (χ0) is 17.7. The van der Waals surface area contributed by atoms with Crippen molar-refractivity contribution in [2.45, 2.75) is 44.6 Å². The van der Waals surface area contributed by atoms with Crippen LogP contribution in [0.2, 0.25) is 5.02 Å². The fourth-order valence-electron chi connectivity index (χ4n) is 3.00. The van der Waals surface area contributed by atoms with Gasteiger partial charge >= 0.3 is 5.97 Å². The van der Waals surface area contributed by atoms with Gasteiger partial charge in [0.05, 0.1) is 21.4 Å². The van der Waals surface area contributed by atoms with E-state index in [2.05, 4.69) is 5.32 Å². The van der Waals surface area contributed by atoms with Crippen molar-refractivity contribution in [3.05, 3.63) is 38.9 Å². The van der Waals surface area contributed by atoms with Crippen LogP contribution in [0, 0.1) is 16.0 Å². The first-order chi connectivity index (χ1) is 11.4. The van der Waals surface area contributed by atoms with Gasteiger partial charge in [0.2, 0.25) is 0 Å². The summed E-state index contributed by atoms with van der Waals surface area (Å²) in [5.74, 6) is -2.06. The lowest BCUT2D eigenvalue weighted by atomic mass is 9.86. The average Bonchev–Trinajstić information content (AvgIpc) is 2.49. The number of nitrogens with zero attached hydrogens (tertiary/aromatic N) is 1. The molecule has 0 radical (unpaired) electrons. The van der Waals surface area contributed by atoms with E-state index in [0.29, 0.717) is 12.8 Å². The summed E-state index contributed by atoms with van der Waals surface area (Å²) in [5.41, 5.74) is -0.0978. The summed E-state index contributed by atoms with van der Waals surface area (Å²) >= 11 is 5.96. The maximum atomic E-state index is 12.4. The normalized spacial score (nSPS) is 21.4. The van der Waals surface area contributed by atoms with Crippen LogP contribution in [-0.2, 0) is 4.79 Å². The van der Waals surface area contributed by atoms with Crippen LogP contribution in [0.25, 0.3) is 0 Å². The third-order valence-electron chi connectivity index (χ3n) is 4.31. The van der Waals surface area contributed by atoms with Crippen LogP contribution in [0.15, 0.2) is 18.2 Å². The van der Waals surface area contributed by atoms with Gasteiger partial charge in [0.1, 0.15) is 0 Å². The lowest BCUT2D eigenvalue weighted by Gasteiger charge is -2.27. The van der Waals surface area contributed by atoms with Gasteiger partial charge in [0, 0.05) is 18.2 Å². The smallest absolute Gasteiger partial charge is 0.308 e. The number of carboxylic acid groups (broad SMARTS) is 1. The number of benzene rings is 1. The summed E-state index contributed by atoms with van der Waals surface area (Å²) in [5, 5.41) is 22.9. The Bertz CT molecular complexity index is 649. The molecule has 1 aromatic rings. The Kier molecular flexibility index (Phi) is 6.14. The van der Waals surface area contributed by atoms with Crippen molar-refractivity contribution < 1.29 is 19.6 Å². The fourth-order valence-corrected chi connectivity index (χ4v) is 3.26. The molecule has 0 aliphatic heterocycles. The highest BCUT2D eigenvalue weighted by atomic mass is 35.5. The number of non-ortho nitro benzene ring substituents is 1. The van der Waals surface area contributed by atoms with Crippen LogP contribution in [0.1, 0.15) is 48.9 Å². The van der Waals surface area contributed by atoms with Gasteiger partial charge < -0.3 is 10.4 Å². The zero-order valence-corrected chi connectivity index (χ0v) is 13.8. The summed E-state index contributed by atoms with van der Waals surface area (Å²) in [7, 11) is 0. The van der Waals surface area contributed by atoms with Gasteiger partial charge in [-0.3, -0.25) is 19.7 Å². The van der Waals surface area contributed by atoms with E-state index in [9.17, 15) is 24.8 Å². The summed E-state index contributed by atoms with van der Waals surface area (Å²) in [6.07, 6.45) is 4.79. The number of nitro benzene ring substituents is 1. The minimum absolute atomic E-state index is 0.0283. The van der Waals surface area contributed by atoms with E-state index in [0.717, 1.165) is 31.7 Å². The molecule has 1 aromatic carbocycles. The number of carbonyl (C=O) groups excluding carboxylic acids is 1. The molecule has 2 atom stereocenters. The Morgan fingerprint density at radius 3 is 2.46 bits per heavy atom. The van der Waals surface area contributed by atoms with Gasteiger partial charge in [-0.2, -0.15) is 0 Å². The molecule has 130 valence electrons. The monoisotopic (exact) mass is 354 g/mol. The summed E-state index contributed by atoms with van der Waals surface area (Å²) in [4.78, 5) is 34.0. The average molecular weight is 355 g/mol. The Balaban J connectivity index is 2.16. The van der Waals surface area contributed by atoms with Crippen LogP contribution in [0.3, 0.4) is 0 Å². The number of hydrogen-bond acceptors (Lipinski definition) is 4. The van der Waals surface area contributed by atoms with E-state index < -0.39 is 28.8 Å². The highest BCUT2D eigenvalue weighted by Gasteiger charge is 2.30. The number of rotatable bonds is 4. The molecule has 7 nitrogen and oxygen atoms in total. The minimum Gasteiger partial charge on any atom is -0.481 e. The second kappa shape index (κ2) is 8.10. The van der Waals surface area contributed by atoms with Gasteiger partial charge in [-0.25, -0.2) is 0 Å². The molecule has 0 spiro atoms.